The summed E-state index contributed by atoms with van der Waals surface area (Å²) in [6.45, 7) is 4.22. The number of rotatable bonds is 4. The molecule has 0 aromatic heterocycles. The zero-order chi connectivity index (χ0) is 15.6. The summed E-state index contributed by atoms with van der Waals surface area (Å²) < 4.78 is 11.7. The van der Waals surface area contributed by atoms with Crippen molar-refractivity contribution in [2.45, 2.75) is 18.7 Å². The lowest BCUT2D eigenvalue weighted by Crippen LogP contribution is -1.98. The topological polar surface area (TPSA) is 18.5 Å². The Bertz CT molecular complexity index is 633. The highest BCUT2D eigenvalue weighted by atomic mass is 79.9. The highest BCUT2D eigenvalue weighted by molar-refractivity contribution is 9.11. The maximum Gasteiger partial charge on any atom is 0.161 e. The molecule has 21 heavy (non-hydrogen) atoms. The first-order chi connectivity index (χ1) is 9.96. The lowest BCUT2D eigenvalue weighted by molar-refractivity contribution is 0.354. The van der Waals surface area contributed by atoms with Crippen LogP contribution in [0.3, 0.4) is 0 Å². The van der Waals surface area contributed by atoms with E-state index in [0.717, 1.165) is 15.8 Å². The molecule has 1 unspecified atom stereocenters. The minimum Gasteiger partial charge on any atom is -0.493 e. The van der Waals surface area contributed by atoms with E-state index in [0.29, 0.717) is 5.75 Å². The lowest BCUT2D eigenvalue weighted by Gasteiger charge is -2.17. The van der Waals surface area contributed by atoms with Gasteiger partial charge in [-0.3, -0.25) is 0 Å². The van der Waals surface area contributed by atoms with Crippen LogP contribution in [0.1, 0.15) is 27.1 Å². The van der Waals surface area contributed by atoms with E-state index in [1.165, 1.54) is 16.7 Å². The molecule has 0 N–H and O–H groups in total. The second-order valence-electron chi connectivity index (χ2n) is 5.01. The molecule has 112 valence electrons. The summed E-state index contributed by atoms with van der Waals surface area (Å²) in [5.74, 6) is 1.44. The van der Waals surface area contributed by atoms with Crippen molar-refractivity contribution in [1.29, 1.82) is 0 Å². The molecule has 0 heterocycles. The van der Waals surface area contributed by atoms with Gasteiger partial charge in [-0.1, -0.05) is 61.2 Å². The van der Waals surface area contributed by atoms with Gasteiger partial charge in [0.25, 0.3) is 0 Å². The Morgan fingerprint density at radius 1 is 0.857 bits per heavy atom. The first kappa shape index (κ1) is 16.4. The van der Waals surface area contributed by atoms with Crippen LogP contribution in [0.25, 0.3) is 0 Å². The van der Waals surface area contributed by atoms with Crippen molar-refractivity contribution in [2.24, 2.45) is 0 Å². The third-order valence-electron chi connectivity index (χ3n) is 3.31. The van der Waals surface area contributed by atoms with Gasteiger partial charge in [0.1, 0.15) is 0 Å². The molecule has 0 bridgehead atoms. The average Bonchev–Trinajstić information content (AvgIpc) is 2.45. The molecule has 0 saturated heterocycles. The molecule has 0 spiro atoms. The molecule has 2 aromatic rings. The van der Waals surface area contributed by atoms with Crippen LogP contribution in [-0.2, 0) is 0 Å². The average molecular weight is 414 g/mol. The van der Waals surface area contributed by atoms with Gasteiger partial charge in [0.05, 0.1) is 19.0 Å². The van der Waals surface area contributed by atoms with E-state index in [1.807, 2.05) is 12.1 Å². The van der Waals surface area contributed by atoms with Gasteiger partial charge in [-0.25, -0.2) is 0 Å². The second-order valence-corrected chi connectivity index (χ2v) is 6.78. The van der Waals surface area contributed by atoms with E-state index in [9.17, 15) is 0 Å². The van der Waals surface area contributed by atoms with Crippen molar-refractivity contribution in [3.05, 3.63) is 57.1 Å². The van der Waals surface area contributed by atoms with Gasteiger partial charge in [0, 0.05) is 4.47 Å². The van der Waals surface area contributed by atoms with E-state index in [-0.39, 0.29) is 4.83 Å². The second kappa shape index (κ2) is 6.84. The van der Waals surface area contributed by atoms with Crippen LogP contribution >= 0.6 is 31.9 Å². The Morgan fingerprint density at radius 3 is 1.90 bits per heavy atom. The highest BCUT2D eigenvalue weighted by Crippen LogP contribution is 2.41. The summed E-state index contributed by atoms with van der Waals surface area (Å²) in [6.07, 6.45) is 0. The van der Waals surface area contributed by atoms with E-state index < -0.39 is 0 Å². The third-order valence-corrected chi connectivity index (χ3v) is 5.02. The van der Waals surface area contributed by atoms with Crippen LogP contribution in [0.2, 0.25) is 0 Å². The van der Waals surface area contributed by atoms with Crippen molar-refractivity contribution >= 4 is 31.9 Å². The van der Waals surface area contributed by atoms with Crippen molar-refractivity contribution in [1.82, 2.24) is 0 Å². The monoisotopic (exact) mass is 412 g/mol. The summed E-state index contributed by atoms with van der Waals surface area (Å²) >= 11 is 7.42. The number of hydrogen-bond donors (Lipinski definition) is 0. The van der Waals surface area contributed by atoms with Crippen LogP contribution in [0.4, 0.5) is 0 Å². The Hall–Kier alpha value is -1.00. The van der Waals surface area contributed by atoms with Gasteiger partial charge in [0.15, 0.2) is 11.5 Å². The maximum absolute atomic E-state index is 5.40. The van der Waals surface area contributed by atoms with Crippen LogP contribution in [0.5, 0.6) is 11.5 Å². The predicted octanol–water partition coefficient (Wildman–Crippen LogP) is 5.57. The number of aryl methyl sites for hydroxylation is 2. The fraction of sp³-hybridized carbons (Fsp3) is 0.294. The fourth-order valence-electron chi connectivity index (χ4n) is 2.40. The zero-order valence-electron chi connectivity index (χ0n) is 12.5. The molecular weight excluding hydrogens is 396 g/mol. The zero-order valence-corrected chi connectivity index (χ0v) is 15.7. The molecule has 2 nitrogen and oxygen atoms in total. The van der Waals surface area contributed by atoms with Gasteiger partial charge in [-0.05, 0) is 37.1 Å². The van der Waals surface area contributed by atoms with Gasteiger partial charge < -0.3 is 9.47 Å². The number of hydrogen-bond acceptors (Lipinski definition) is 2. The highest BCUT2D eigenvalue weighted by Gasteiger charge is 2.18. The van der Waals surface area contributed by atoms with Crippen LogP contribution < -0.4 is 9.47 Å². The number of halogens is 2. The number of alkyl halides is 1. The summed E-state index contributed by atoms with van der Waals surface area (Å²) in [4.78, 5) is 0.0882. The van der Waals surface area contributed by atoms with Crippen LogP contribution in [0, 0.1) is 13.8 Å². The molecule has 0 fully saturated rings. The molecule has 4 heteroatoms. The quantitative estimate of drug-likeness (QED) is 0.610. The Kier molecular flexibility index (Phi) is 5.33. The summed E-state index contributed by atoms with van der Waals surface area (Å²) in [5.41, 5.74) is 4.84. The normalized spacial score (nSPS) is 12.1. The smallest absolute Gasteiger partial charge is 0.161 e. The molecule has 0 aliphatic rings. The molecule has 0 amide bonds. The van der Waals surface area contributed by atoms with Crippen molar-refractivity contribution < 1.29 is 9.47 Å². The Morgan fingerprint density at radius 2 is 1.38 bits per heavy atom. The molecule has 2 aromatic carbocycles. The van der Waals surface area contributed by atoms with Gasteiger partial charge >= 0.3 is 0 Å². The number of benzene rings is 2. The van der Waals surface area contributed by atoms with Gasteiger partial charge in [0.2, 0.25) is 0 Å². The first-order valence-electron chi connectivity index (χ1n) is 6.60. The fourth-order valence-corrected chi connectivity index (χ4v) is 3.90. The van der Waals surface area contributed by atoms with Gasteiger partial charge in [-0.2, -0.15) is 0 Å². The minimum atomic E-state index is 0.0882. The van der Waals surface area contributed by atoms with E-state index in [4.69, 9.17) is 9.47 Å². The lowest BCUT2D eigenvalue weighted by atomic mass is 10.0. The maximum atomic E-state index is 5.40. The SMILES string of the molecule is COc1cc(Br)c(C(Br)c2cc(C)cc(C)c2)cc1OC. The summed E-state index contributed by atoms with van der Waals surface area (Å²) in [7, 11) is 3.29. The van der Waals surface area contributed by atoms with Crippen molar-refractivity contribution in [3.8, 4) is 11.5 Å². The van der Waals surface area contributed by atoms with E-state index >= 15 is 0 Å². The van der Waals surface area contributed by atoms with Gasteiger partial charge in [-0.15, -0.1) is 0 Å². The largest absolute Gasteiger partial charge is 0.493 e. The van der Waals surface area contributed by atoms with Crippen molar-refractivity contribution in [2.75, 3.05) is 14.2 Å². The van der Waals surface area contributed by atoms with E-state index in [2.05, 4.69) is 63.9 Å². The van der Waals surface area contributed by atoms with Crippen molar-refractivity contribution in [3.63, 3.8) is 0 Å². The molecule has 0 radical (unpaired) electrons. The first-order valence-corrected chi connectivity index (χ1v) is 8.30. The third kappa shape index (κ3) is 3.61. The van der Waals surface area contributed by atoms with Crippen LogP contribution in [-0.4, -0.2) is 14.2 Å². The molecule has 0 aliphatic heterocycles. The minimum absolute atomic E-state index is 0.0882. The molecule has 0 saturated carbocycles. The Balaban J connectivity index is 2.49. The molecule has 0 aliphatic carbocycles. The summed E-state index contributed by atoms with van der Waals surface area (Å²) in [6, 6.07) is 10.5. The standard InChI is InChI=1S/C17H18Br2O2/c1-10-5-11(2)7-12(6-10)17(19)13-8-15(20-3)16(21-4)9-14(13)18/h5-9,17H,1-4H3. The van der Waals surface area contributed by atoms with Crippen LogP contribution in [0.15, 0.2) is 34.8 Å². The van der Waals surface area contributed by atoms with E-state index in [1.54, 1.807) is 14.2 Å². The number of ether oxygens (including phenoxy) is 2. The number of methoxy groups -OCH3 is 2. The predicted molar refractivity (Wildman–Crippen MR) is 93.9 cm³/mol. The Labute approximate surface area is 142 Å². The molecular formula is C17H18Br2O2. The summed E-state index contributed by atoms with van der Waals surface area (Å²) in [5, 5.41) is 0. The molecule has 2 rings (SSSR count). The molecule has 1 atom stereocenters.